The number of likely N-dealkylation sites (tertiary alicyclic amines) is 1. The Bertz CT molecular complexity index is 820. The molecule has 1 aliphatic rings. The van der Waals surface area contributed by atoms with Crippen LogP contribution < -0.4 is 5.69 Å². The van der Waals surface area contributed by atoms with Gasteiger partial charge in [-0.2, -0.15) is 0 Å². The lowest BCUT2D eigenvalue weighted by atomic mass is 10.2. The SMILES string of the molecule is CCn1c(=O)n(CC(=O)N2CCCC2C(=O)O)c2ccccc21. The van der Waals surface area contributed by atoms with Gasteiger partial charge in [0.05, 0.1) is 11.0 Å². The molecule has 0 spiro atoms. The number of carboxylic acids is 1. The number of carbonyl (C=O) groups excluding carboxylic acids is 1. The third kappa shape index (κ3) is 2.52. The maximum Gasteiger partial charge on any atom is 0.329 e. The highest BCUT2D eigenvalue weighted by Crippen LogP contribution is 2.19. The Kier molecular flexibility index (Phi) is 3.94. The number of aryl methyl sites for hydroxylation is 1. The van der Waals surface area contributed by atoms with Crippen molar-refractivity contribution in [2.75, 3.05) is 6.54 Å². The van der Waals surface area contributed by atoms with Gasteiger partial charge < -0.3 is 10.0 Å². The molecular formula is C16H19N3O4. The fourth-order valence-electron chi connectivity index (χ4n) is 3.28. The highest BCUT2D eigenvalue weighted by Gasteiger charge is 2.34. The fourth-order valence-corrected chi connectivity index (χ4v) is 3.28. The summed E-state index contributed by atoms with van der Waals surface area (Å²) < 4.78 is 3.04. The summed E-state index contributed by atoms with van der Waals surface area (Å²) in [5, 5.41) is 9.20. The second-order valence-corrected chi connectivity index (χ2v) is 5.69. The lowest BCUT2D eigenvalue weighted by Gasteiger charge is -2.21. The van der Waals surface area contributed by atoms with Gasteiger partial charge >= 0.3 is 11.7 Å². The molecule has 1 N–H and O–H groups in total. The lowest BCUT2D eigenvalue weighted by molar-refractivity contribution is -0.148. The van der Waals surface area contributed by atoms with Crippen molar-refractivity contribution in [1.29, 1.82) is 0 Å². The van der Waals surface area contributed by atoms with Gasteiger partial charge in [0.25, 0.3) is 0 Å². The van der Waals surface area contributed by atoms with Crippen molar-refractivity contribution in [2.24, 2.45) is 0 Å². The van der Waals surface area contributed by atoms with E-state index in [2.05, 4.69) is 0 Å². The van der Waals surface area contributed by atoms with Crippen LogP contribution in [0.2, 0.25) is 0 Å². The van der Waals surface area contributed by atoms with Gasteiger partial charge in [-0.3, -0.25) is 13.9 Å². The summed E-state index contributed by atoms with van der Waals surface area (Å²) >= 11 is 0. The monoisotopic (exact) mass is 317 g/mol. The van der Waals surface area contributed by atoms with E-state index < -0.39 is 12.0 Å². The number of imidazole rings is 1. The molecule has 1 atom stereocenters. The van der Waals surface area contributed by atoms with Gasteiger partial charge in [0, 0.05) is 13.1 Å². The van der Waals surface area contributed by atoms with Crippen molar-refractivity contribution in [3.05, 3.63) is 34.7 Å². The number of carboxylic acid groups (broad SMARTS) is 1. The van der Waals surface area contributed by atoms with E-state index in [1.165, 1.54) is 9.47 Å². The van der Waals surface area contributed by atoms with Crippen molar-refractivity contribution in [3.8, 4) is 0 Å². The van der Waals surface area contributed by atoms with Crippen LogP contribution in [0.5, 0.6) is 0 Å². The number of hydrogen-bond donors (Lipinski definition) is 1. The van der Waals surface area contributed by atoms with Gasteiger partial charge in [0.15, 0.2) is 0 Å². The van der Waals surface area contributed by atoms with E-state index in [4.69, 9.17) is 0 Å². The number of benzene rings is 1. The van der Waals surface area contributed by atoms with Gasteiger partial charge in [-0.15, -0.1) is 0 Å². The minimum atomic E-state index is -0.987. The largest absolute Gasteiger partial charge is 0.480 e. The first-order valence-corrected chi connectivity index (χ1v) is 7.75. The topological polar surface area (TPSA) is 84.5 Å². The molecule has 1 aliphatic heterocycles. The van der Waals surface area contributed by atoms with E-state index in [1.54, 1.807) is 10.6 Å². The Labute approximate surface area is 132 Å². The molecule has 3 rings (SSSR count). The number of carbonyl (C=O) groups is 2. The molecule has 0 aliphatic carbocycles. The zero-order valence-electron chi connectivity index (χ0n) is 12.9. The normalized spacial score (nSPS) is 17.8. The minimum Gasteiger partial charge on any atom is -0.480 e. The third-order valence-electron chi connectivity index (χ3n) is 4.39. The zero-order chi connectivity index (χ0) is 16.6. The van der Waals surface area contributed by atoms with Gasteiger partial charge in [-0.25, -0.2) is 9.59 Å². The van der Waals surface area contributed by atoms with Crippen molar-refractivity contribution in [2.45, 2.75) is 38.9 Å². The Morgan fingerprint density at radius 2 is 1.87 bits per heavy atom. The molecule has 0 radical (unpaired) electrons. The van der Waals surface area contributed by atoms with Crippen molar-refractivity contribution in [3.63, 3.8) is 0 Å². The second kappa shape index (κ2) is 5.91. The highest BCUT2D eigenvalue weighted by molar-refractivity contribution is 5.85. The molecule has 1 aromatic heterocycles. The average Bonchev–Trinajstić information content (AvgIpc) is 3.12. The third-order valence-corrected chi connectivity index (χ3v) is 4.39. The quantitative estimate of drug-likeness (QED) is 0.908. The second-order valence-electron chi connectivity index (χ2n) is 5.69. The lowest BCUT2D eigenvalue weighted by Crippen LogP contribution is -2.43. The summed E-state index contributed by atoms with van der Waals surface area (Å²) in [5.41, 5.74) is 1.23. The molecule has 1 saturated heterocycles. The Morgan fingerprint density at radius 3 is 2.48 bits per heavy atom. The number of nitrogens with zero attached hydrogens (tertiary/aromatic N) is 3. The van der Waals surface area contributed by atoms with E-state index in [-0.39, 0.29) is 18.1 Å². The van der Waals surface area contributed by atoms with E-state index >= 15 is 0 Å². The minimum absolute atomic E-state index is 0.129. The van der Waals surface area contributed by atoms with Crippen LogP contribution in [0, 0.1) is 0 Å². The number of amides is 1. The Hall–Kier alpha value is -2.57. The Balaban J connectivity index is 1.96. The standard InChI is InChI=1S/C16H19N3O4/c1-2-17-11-6-3-4-7-12(11)19(16(17)23)10-14(20)18-9-5-8-13(18)15(21)22/h3-4,6-7,13H,2,5,8-10H2,1H3,(H,21,22). The molecule has 0 saturated carbocycles. The van der Waals surface area contributed by atoms with E-state index in [1.807, 2.05) is 25.1 Å². The van der Waals surface area contributed by atoms with E-state index in [9.17, 15) is 19.5 Å². The van der Waals surface area contributed by atoms with E-state index in [0.29, 0.717) is 31.4 Å². The molecule has 0 bridgehead atoms. The first kappa shape index (κ1) is 15.3. The van der Waals surface area contributed by atoms with Crippen LogP contribution in [0.25, 0.3) is 11.0 Å². The van der Waals surface area contributed by atoms with Crippen LogP contribution in [0.1, 0.15) is 19.8 Å². The van der Waals surface area contributed by atoms with Crippen LogP contribution in [-0.4, -0.2) is 43.6 Å². The fraction of sp³-hybridized carbons (Fsp3) is 0.438. The smallest absolute Gasteiger partial charge is 0.329 e. The summed E-state index contributed by atoms with van der Waals surface area (Å²) in [6, 6.07) is 6.53. The molecule has 2 heterocycles. The van der Waals surface area contributed by atoms with Gasteiger partial charge in [0.2, 0.25) is 5.91 Å². The van der Waals surface area contributed by atoms with Gasteiger partial charge in [0.1, 0.15) is 12.6 Å². The molecule has 1 unspecified atom stereocenters. The predicted molar refractivity (Wildman–Crippen MR) is 84.2 cm³/mol. The number of aromatic nitrogens is 2. The molecular weight excluding hydrogens is 298 g/mol. The molecule has 1 aromatic carbocycles. The summed E-state index contributed by atoms with van der Waals surface area (Å²) in [5.74, 6) is -1.31. The molecule has 1 amide bonds. The van der Waals surface area contributed by atoms with Crippen molar-refractivity contribution >= 4 is 22.9 Å². The molecule has 23 heavy (non-hydrogen) atoms. The van der Waals surface area contributed by atoms with Crippen LogP contribution in [0.15, 0.2) is 29.1 Å². The average molecular weight is 317 g/mol. The maximum atomic E-state index is 12.5. The van der Waals surface area contributed by atoms with Gasteiger partial charge in [-0.05, 0) is 31.9 Å². The molecule has 2 aromatic rings. The molecule has 1 fully saturated rings. The summed E-state index contributed by atoms with van der Waals surface area (Å²) in [6.07, 6.45) is 1.14. The number of hydrogen-bond acceptors (Lipinski definition) is 3. The summed E-state index contributed by atoms with van der Waals surface area (Å²) in [4.78, 5) is 37.6. The molecule has 122 valence electrons. The number of para-hydroxylation sites is 2. The number of fused-ring (bicyclic) bond motifs is 1. The number of rotatable bonds is 4. The number of aliphatic carboxylic acids is 1. The van der Waals surface area contributed by atoms with Crippen LogP contribution in [0.3, 0.4) is 0 Å². The summed E-state index contributed by atoms with van der Waals surface area (Å²) in [6.45, 7) is 2.69. The molecule has 7 heteroatoms. The van der Waals surface area contributed by atoms with Crippen molar-refractivity contribution < 1.29 is 14.7 Å². The maximum absolute atomic E-state index is 12.5. The van der Waals surface area contributed by atoms with Crippen LogP contribution >= 0.6 is 0 Å². The van der Waals surface area contributed by atoms with E-state index in [0.717, 1.165) is 5.52 Å². The van der Waals surface area contributed by atoms with Gasteiger partial charge in [-0.1, -0.05) is 12.1 Å². The Morgan fingerprint density at radius 1 is 1.22 bits per heavy atom. The van der Waals surface area contributed by atoms with Crippen LogP contribution in [0.4, 0.5) is 0 Å². The summed E-state index contributed by atoms with van der Waals surface area (Å²) in [7, 11) is 0. The first-order chi connectivity index (χ1) is 11.0. The van der Waals surface area contributed by atoms with Crippen molar-refractivity contribution in [1.82, 2.24) is 14.0 Å². The predicted octanol–water partition coefficient (Wildman–Crippen LogP) is 0.898. The zero-order valence-corrected chi connectivity index (χ0v) is 12.9. The van der Waals surface area contributed by atoms with Crippen LogP contribution in [-0.2, 0) is 22.7 Å². The highest BCUT2D eigenvalue weighted by atomic mass is 16.4. The first-order valence-electron chi connectivity index (χ1n) is 7.75. The molecule has 7 nitrogen and oxygen atoms in total.